The van der Waals surface area contributed by atoms with Crippen LogP contribution in [0.5, 0.6) is 5.75 Å². The number of rotatable bonds is 7. The standard InChI is InChI=1S/C23H29NO4/c1-4-14-28-19-13-8-7-10-15(19)20-21-17(11-9-12-18(21)25)24-16(5-2)22(20)23(26)27-6-3/h7-8,10,13,20,24H,4-6,9,11-12,14H2,1-3H3/t20-/m0/s1. The van der Waals surface area contributed by atoms with E-state index < -0.39 is 5.92 Å². The molecule has 3 rings (SSSR count). The van der Waals surface area contributed by atoms with E-state index in [1.165, 1.54) is 0 Å². The van der Waals surface area contributed by atoms with E-state index >= 15 is 0 Å². The van der Waals surface area contributed by atoms with Crippen LogP contribution in [-0.2, 0) is 14.3 Å². The number of ketones is 1. The van der Waals surface area contributed by atoms with Crippen molar-refractivity contribution in [2.45, 2.75) is 58.8 Å². The van der Waals surface area contributed by atoms with E-state index in [2.05, 4.69) is 12.2 Å². The molecule has 1 aromatic carbocycles. The number of hydrogen-bond acceptors (Lipinski definition) is 5. The van der Waals surface area contributed by atoms with Gasteiger partial charge >= 0.3 is 5.97 Å². The average Bonchev–Trinajstić information content (AvgIpc) is 2.71. The van der Waals surface area contributed by atoms with E-state index in [4.69, 9.17) is 9.47 Å². The van der Waals surface area contributed by atoms with Gasteiger partial charge < -0.3 is 14.8 Å². The maximum absolute atomic E-state index is 13.0. The Morgan fingerprint density at radius 2 is 1.96 bits per heavy atom. The predicted octanol–water partition coefficient (Wildman–Crippen LogP) is 4.40. The molecule has 2 aliphatic rings. The summed E-state index contributed by atoms with van der Waals surface area (Å²) in [6.45, 7) is 6.73. The highest BCUT2D eigenvalue weighted by atomic mass is 16.5. The van der Waals surface area contributed by atoms with Crippen molar-refractivity contribution >= 4 is 11.8 Å². The number of dihydropyridines is 1. The number of benzene rings is 1. The maximum atomic E-state index is 13.0. The number of carbonyl (C=O) groups excluding carboxylic acids is 2. The molecule has 0 saturated carbocycles. The first kappa shape index (κ1) is 20.2. The highest BCUT2D eigenvalue weighted by Crippen LogP contribution is 2.45. The summed E-state index contributed by atoms with van der Waals surface area (Å²) >= 11 is 0. The normalized spacial score (nSPS) is 19.2. The van der Waals surface area contributed by atoms with Gasteiger partial charge in [-0.3, -0.25) is 4.79 Å². The molecule has 1 N–H and O–H groups in total. The molecule has 0 bridgehead atoms. The van der Waals surface area contributed by atoms with Gasteiger partial charge in [-0.1, -0.05) is 32.0 Å². The molecule has 5 heteroatoms. The number of carbonyl (C=O) groups is 2. The largest absolute Gasteiger partial charge is 0.493 e. The third kappa shape index (κ3) is 3.84. The first-order valence-electron chi connectivity index (χ1n) is 10.3. The minimum Gasteiger partial charge on any atom is -0.493 e. The molecule has 1 aliphatic carbocycles. The van der Waals surface area contributed by atoms with Crippen molar-refractivity contribution in [3.8, 4) is 5.75 Å². The van der Waals surface area contributed by atoms with Gasteiger partial charge in [-0.2, -0.15) is 0 Å². The van der Waals surface area contributed by atoms with E-state index in [-0.39, 0.29) is 11.8 Å². The Morgan fingerprint density at radius 1 is 1.18 bits per heavy atom. The van der Waals surface area contributed by atoms with Crippen molar-refractivity contribution in [1.29, 1.82) is 0 Å². The molecule has 1 aliphatic heterocycles. The van der Waals surface area contributed by atoms with Crippen LogP contribution < -0.4 is 10.1 Å². The molecular formula is C23H29NO4. The molecule has 1 aromatic rings. The summed E-state index contributed by atoms with van der Waals surface area (Å²) in [7, 11) is 0. The van der Waals surface area contributed by atoms with Crippen LogP contribution in [0, 0.1) is 0 Å². The SMILES string of the molecule is CCCOc1ccccc1[C@H]1C2=C(CCCC2=O)NC(CC)=C1C(=O)OCC. The van der Waals surface area contributed by atoms with Gasteiger partial charge in [0, 0.05) is 29.0 Å². The predicted molar refractivity (Wildman–Crippen MR) is 108 cm³/mol. The first-order valence-corrected chi connectivity index (χ1v) is 10.3. The van der Waals surface area contributed by atoms with Gasteiger partial charge in [-0.15, -0.1) is 0 Å². The highest BCUT2D eigenvalue weighted by Gasteiger charge is 2.40. The number of ether oxygens (including phenoxy) is 2. The van der Waals surface area contributed by atoms with Gasteiger partial charge in [0.2, 0.25) is 0 Å². The van der Waals surface area contributed by atoms with Gasteiger partial charge in [0.15, 0.2) is 5.78 Å². The molecule has 0 saturated heterocycles. The van der Waals surface area contributed by atoms with Crippen molar-refractivity contribution in [3.05, 3.63) is 52.4 Å². The summed E-state index contributed by atoms with van der Waals surface area (Å²) < 4.78 is 11.4. The lowest BCUT2D eigenvalue weighted by Crippen LogP contribution is -2.35. The molecule has 0 unspecified atom stereocenters. The summed E-state index contributed by atoms with van der Waals surface area (Å²) in [5.41, 5.74) is 3.86. The second-order valence-electron chi connectivity index (χ2n) is 7.08. The van der Waals surface area contributed by atoms with Gasteiger partial charge in [-0.05, 0) is 38.7 Å². The number of esters is 1. The molecule has 0 spiro atoms. The second kappa shape index (κ2) is 9.09. The van der Waals surface area contributed by atoms with Crippen molar-refractivity contribution in [1.82, 2.24) is 5.32 Å². The summed E-state index contributed by atoms with van der Waals surface area (Å²) in [6, 6.07) is 7.72. The van der Waals surface area contributed by atoms with Crippen LogP contribution in [0.1, 0.15) is 64.4 Å². The zero-order valence-electron chi connectivity index (χ0n) is 17.0. The third-order valence-corrected chi connectivity index (χ3v) is 5.20. The van der Waals surface area contributed by atoms with E-state index in [9.17, 15) is 9.59 Å². The van der Waals surface area contributed by atoms with E-state index in [1.54, 1.807) is 6.92 Å². The Kier molecular flexibility index (Phi) is 6.55. The lowest BCUT2D eigenvalue weighted by molar-refractivity contribution is -0.138. The number of hydrogen-bond donors (Lipinski definition) is 1. The number of nitrogens with one attached hydrogen (secondary N) is 1. The zero-order chi connectivity index (χ0) is 20.1. The quantitative estimate of drug-likeness (QED) is 0.707. The molecule has 0 amide bonds. The molecule has 0 radical (unpaired) electrons. The Labute approximate surface area is 166 Å². The van der Waals surface area contributed by atoms with E-state index in [1.807, 2.05) is 31.2 Å². The maximum Gasteiger partial charge on any atom is 0.336 e. The Balaban J connectivity index is 2.19. The average molecular weight is 383 g/mol. The van der Waals surface area contributed by atoms with Crippen LogP contribution in [0.3, 0.4) is 0 Å². The zero-order valence-corrected chi connectivity index (χ0v) is 17.0. The van der Waals surface area contributed by atoms with Gasteiger partial charge in [0.1, 0.15) is 5.75 Å². The minimum atomic E-state index is -0.453. The second-order valence-corrected chi connectivity index (χ2v) is 7.08. The van der Waals surface area contributed by atoms with Crippen LogP contribution in [0.2, 0.25) is 0 Å². The monoisotopic (exact) mass is 383 g/mol. The fourth-order valence-electron chi connectivity index (χ4n) is 4.00. The van der Waals surface area contributed by atoms with E-state index in [0.717, 1.165) is 42.0 Å². The van der Waals surface area contributed by atoms with Gasteiger partial charge in [-0.25, -0.2) is 4.79 Å². The molecule has 0 fully saturated rings. The molecule has 28 heavy (non-hydrogen) atoms. The minimum absolute atomic E-state index is 0.0981. The highest BCUT2D eigenvalue weighted by molar-refractivity contribution is 6.04. The van der Waals surface area contributed by atoms with Crippen molar-refractivity contribution in [2.75, 3.05) is 13.2 Å². The van der Waals surface area contributed by atoms with Crippen LogP contribution in [0.15, 0.2) is 46.8 Å². The van der Waals surface area contributed by atoms with E-state index in [0.29, 0.717) is 37.2 Å². The van der Waals surface area contributed by atoms with Gasteiger partial charge in [0.25, 0.3) is 0 Å². The first-order chi connectivity index (χ1) is 13.6. The summed E-state index contributed by atoms with van der Waals surface area (Å²) in [4.78, 5) is 25.9. The number of Topliss-reactive ketones (excluding diaryl/α,β-unsaturated/α-hetero) is 1. The Morgan fingerprint density at radius 3 is 2.68 bits per heavy atom. The molecular weight excluding hydrogens is 354 g/mol. The Bertz CT molecular complexity index is 822. The molecule has 150 valence electrons. The van der Waals surface area contributed by atoms with Crippen molar-refractivity contribution < 1.29 is 19.1 Å². The number of para-hydroxylation sites is 1. The summed E-state index contributed by atoms with van der Waals surface area (Å²) in [5.74, 6) is -0.00195. The lowest BCUT2D eigenvalue weighted by atomic mass is 9.74. The van der Waals surface area contributed by atoms with Crippen molar-refractivity contribution in [3.63, 3.8) is 0 Å². The lowest BCUT2D eigenvalue weighted by Gasteiger charge is -2.35. The van der Waals surface area contributed by atoms with Crippen LogP contribution in [-0.4, -0.2) is 25.0 Å². The van der Waals surface area contributed by atoms with Crippen LogP contribution >= 0.6 is 0 Å². The Hall–Kier alpha value is -2.56. The van der Waals surface area contributed by atoms with Crippen molar-refractivity contribution in [2.24, 2.45) is 0 Å². The molecule has 1 atom stereocenters. The van der Waals surface area contributed by atoms with Crippen LogP contribution in [0.25, 0.3) is 0 Å². The smallest absolute Gasteiger partial charge is 0.336 e. The number of allylic oxidation sites excluding steroid dienone is 3. The van der Waals surface area contributed by atoms with Gasteiger partial charge in [0.05, 0.1) is 24.7 Å². The molecule has 1 heterocycles. The topological polar surface area (TPSA) is 64.6 Å². The molecule has 0 aromatic heterocycles. The summed E-state index contributed by atoms with van der Waals surface area (Å²) in [5, 5.41) is 3.38. The third-order valence-electron chi connectivity index (χ3n) is 5.20. The fraction of sp³-hybridized carbons (Fsp3) is 0.478. The summed E-state index contributed by atoms with van der Waals surface area (Å²) in [6.07, 6.45) is 3.70. The fourth-order valence-corrected chi connectivity index (χ4v) is 4.00. The molecule has 5 nitrogen and oxygen atoms in total. The van der Waals surface area contributed by atoms with Crippen LogP contribution in [0.4, 0.5) is 0 Å².